The molecule has 3 N–H and O–H groups in total. The number of ether oxygens (including phenoxy) is 1. The molecule has 1 aromatic heterocycles. The van der Waals surface area contributed by atoms with E-state index in [9.17, 15) is 4.79 Å². The summed E-state index contributed by atoms with van der Waals surface area (Å²) in [6, 6.07) is 7.25. The molecule has 9 heteroatoms. The third-order valence-electron chi connectivity index (χ3n) is 2.92. The van der Waals surface area contributed by atoms with Gasteiger partial charge >= 0.3 is 0 Å². The van der Waals surface area contributed by atoms with Crippen LogP contribution < -0.4 is 15.4 Å². The molecule has 1 aliphatic rings. The first-order chi connectivity index (χ1) is 10.6. The normalized spacial score (nSPS) is 16.6. The van der Waals surface area contributed by atoms with Gasteiger partial charge < -0.3 is 10.5 Å². The van der Waals surface area contributed by atoms with E-state index in [0.29, 0.717) is 10.7 Å². The largest absolute Gasteiger partial charge is 0.497 e. The highest BCUT2D eigenvalue weighted by atomic mass is 32.2. The third kappa shape index (κ3) is 2.42. The molecule has 0 aliphatic carbocycles. The monoisotopic (exact) mass is 317 g/mol. The van der Waals surface area contributed by atoms with E-state index in [0.717, 1.165) is 22.2 Å². The van der Waals surface area contributed by atoms with E-state index in [4.69, 9.17) is 15.9 Å². The van der Waals surface area contributed by atoms with Crippen molar-refractivity contribution in [3.63, 3.8) is 0 Å². The second-order valence-corrected chi connectivity index (χ2v) is 5.34. The fraction of sp³-hybridized carbons (Fsp3) is 0.0769. The molecule has 22 heavy (non-hydrogen) atoms. The van der Waals surface area contributed by atoms with E-state index in [-0.39, 0.29) is 16.8 Å². The summed E-state index contributed by atoms with van der Waals surface area (Å²) in [5.41, 5.74) is 6.37. The number of thioether (sulfide) groups is 1. The Morgan fingerprint density at radius 1 is 1.45 bits per heavy atom. The maximum absolute atomic E-state index is 12.4. The van der Waals surface area contributed by atoms with Gasteiger partial charge in [0.15, 0.2) is 5.17 Å². The Morgan fingerprint density at radius 3 is 2.95 bits per heavy atom. The number of carbonyl (C=O) groups is 1. The molecule has 2 heterocycles. The Bertz CT molecular complexity index is 785. The zero-order valence-corrected chi connectivity index (χ0v) is 12.3. The topological polar surface area (TPSA) is 118 Å². The van der Waals surface area contributed by atoms with Crippen LogP contribution in [0.4, 0.5) is 11.6 Å². The van der Waals surface area contributed by atoms with Gasteiger partial charge in [-0.3, -0.25) is 10.2 Å². The molecular weight excluding hydrogens is 306 g/mol. The van der Waals surface area contributed by atoms with Crippen molar-refractivity contribution in [3.8, 4) is 5.75 Å². The molecule has 2 aromatic rings. The lowest BCUT2D eigenvalue weighted by Gasteiger charge is -2.09. The quantitative estimate of drug-likeness (QED) is 0.827. The smallest absolute Gasteiger partial charge is 0.272 e. The number of amides is 1. The molecule has 1 saturated heterocycles. The van der Waals surface area contributed by atoms with Gasteiger partial charge in [-0.15, -0.1) is 0 Å². The molecule has 0 radical (unpaired) electrons. The number of anilines is 2. The number of carbonyl (C=O) groups excluding carboxylic acids is 1. The molecule has 1 fully saturated rings. The number of nitrogens with zero attached hydrogens (tertiary/aromatic N) is 3. The molecule has 0 unspecified atom stereocenters. The maximum Gasteiger partial charge on any atom is 0.272 e. The van der Waals surface area contributed by atoms with Crippen molar-refractivity contribution in [2.75, 3.05) is 17.7 Å². The lowest BCUT2D eigenvalue weighted by molar-refractivity contribution is -0.113. The highest BCUT2D eigenvalue weighted by Gasteiger charge is 2.37. The summed E-state index contributed by atoms with van der Waals surface area (Å²) in [7, 11) is 1.57. The number of amidine groups is 1. The first-order valence-electron chi connectivity index (χ1n) is 6.15. The average molecular weight is 317 g/mol. The van der Waals surface area contributed by atoms with Gasteiger partial charge in [0.25, 0.3) is 5.91 Å². The van der Waals surface area contributed by atoms with Crippen LogP contribution in [-0.4, -0.2) is 28.5 Å². The van der Waals surface area contributed by atoms with Crippen molar-refractivity contribution in [2.24, 2.45) is 0 Å². The van der Waals surface area contributed by atoms with Gasteiger partial charge in [-0.25, -0.2) is 9.53 Å². The number of nitrogen functional groups attached to an aromatic ring is 1. The second kappa shape index (κ2) is 5.53. The van der Waals surface area contributed by atoms with Crippen LogP contribution in [0.2, 0.25) is 0 Å². The van der Waals surface area contributed by atoms with Crippen molar-refractivity contribution in [1.29, 1.82) is 5.41 Å². The van der Waals surface area contributed by atoms with E-state index >= 15 is 0 Å². The molecule has 0 spiro atoms. The summed E-state index contributed by atoms with van der Waals surface area (Å²) in [4.78, 5) is 13.9. The average Bonchev–Trinajstić information content (AvgIpc) is 3.03. The molecule has 0 saturated carbocycles. The molecule has 3 rings (SSSR count). The highest BCUT2D eigenvalue weighted by molar-refractivity contribution is 8.19. The summed E-state index contributed by atoms with van der Waals surface area (Å²) in [5.74, 6) is 0.264. The maximum atomic E-state index is 12.4. The predicted molar refractivity (Wildman–Crippen MR) is 82.5 cm³/mol. The zero-order valence-electron chi connectivity index (χ0n) is 11.4. The first-order valence-corrected chi connectivity index (χ1v) is 6.96. The van der Waals surface area contributed by atoms with Gasteiger partial charge in [-0.2, -0.15) is 0 Å². The molecule has 0 atom stereocenters. The number of benzene rings is 1. The van der Waals surface area contributed by atoms with Gasteiger partial charge in [0, 0.05) is 0 Å². The zero-order chi connectivity index (χ0) is 15.7. The van der Waals surface area contributed by atoms with Crippen LogP contribution in [-0.2, 0) is 4.79 Å². The number of hydrogen-bond donors (Lipinski definition) is 2. The second-order valence-electron chi connectivity index (χ2n) is 4.31. The number of aromatic nitrogens is 2. The summed E-state index contributed by atoms with van der Waals surface area (Å²) in [6.45, 7) is 0. The SMILES string of the molecule is COc1cccc(C=C2SC(=N)N(c3nonc3N)C2=O)c1. The van der Waals surface area contributed by atoms with Gasteiger partial charge in [-0.1, -0.05) is 12.1 Å². The van der Waals surface area contributed by atoms with Crippen LogP contribution in [0.25, 0.3) is 6.08 Å². The van der Waals surface area contributed by atoms with Gasteiger partial charge in [-0.05, 0) is 45.8 Å². The minimum atomic E-state index is -0.403. The summed E-state index contributed by atoms with van der Waals surface area (Å²) >= 11 is 1.01. The predicted octanol–water partition coefficient (Wildman–Crippen LogP) is 1.72. The molecular formula is C13H11N5O3S. The number of methoxy groups -OCH3 is 1. The van der Waals surface area contributed by atoms with Crippen LogP contribution in [0.1, 0.15) is 5.56 Å². The highest BCUT2D eigenvalue weighted by Crippen LogP contribution is 2.36. The van der Waals surface area contributed by atoms with Crippen LogP contribution in [0.3, 0.4) is 0 Å². The van der Waals surface area contributed by atoms with Crippen LogP contribution >= 0.6 is 11.8 Å². The van der Waals surface area contributed by atoms with E-state index < -0.39 is 5.91 Å². The Hall–Kier alpha value is -2.81. The number of hydrogen-bond acceptors (Lipinski definition) is 8. The molecule has 1 aliphatic heterocycles. The Balaban J connectivity index is 1.93. The molecule has 8 nitrogen and oxygen atoms in total. The summed E-state index contributed by atoms with van der Waals surface area (Å²) in [6.07, 6.45) is 1.67. The summed E-state index contributed by atoms with van der Waals surface area (Å²) < 4.78 is 9.62. The lowest BCUT2D eigenvalue weighted by Crippen LogP contribution is -2.29. The van der Waals surface area contributed by atoms with Crippen molar-refractivity contribution < 1.29 is 14.2 Å². The standard InChI is InChI=1S/C13H11N5O3S/c1-20-8-4-2-3-7(5-8)6-9-12(19)18(13(15)22-9)11-10(14)16-21-17-11/h2-6,15H,1H3,(H2,14,16). The van der Waals surface area contributed by atoms with Gasteiger partial charge in [0.1, 0.15) is 5.75 Å². The van der Waals surface area contributed by atoms with Crippen molar-refractivity contribution in [2.45, 2.75) is 0 Å². The third-order valence-corrected chi connectivity index (χ3v) is 3.81. The Kier molecular flexibility index (Phi) is 3.55. The Morgan fingerprint density at radius 2 is 2.27 bits per heavy atom. The van der Waals surface area contributed by atoms with E-state index in [1.807, 2.05) is 18.2 Å². The van der Waals surface area contributed by atoms with Crippen molar-refractivity contribution in [3.05, 3.63) is 34.7 Å². The number of nitrogens with two attached hydrogens (primary N) is 1. The van der Waals surface area contributed by atoms with Crippen LogP contribution in [0.5, 0.6) is 5.75 Å². The molecule has 1 amide bonds. The fourth-order valence-corrected chi connectivity index (χ4v) is 2.75. The van der Waals surface area contributed by atoms with Gasteiger partial charge in [0.05, 0.1) is 12.0 Å². The molecule has 1 aromatic carbocycles. The minimum absolute atomic E-state index is 0.0125. The van der Waals surface area contributed by atoms with E-state index in [1.54, 1.807) is 19.3 Å². The van der Waals surface area contributed by atoms with Crippen LogP contribution in [0.15, 0.2) is 33.8 Å². The lowest BCUT2D eigenvalue weighted by atomic mass is 10.2. The van der Waals surface area contributed by atoms with E-state index in [2.05, 4.69) is 14.9 Å². The first kappa shape index (κ1) is 14.1. The molecule has 0 bridgehead atoms. The number of nitrogens with one attached hydrogen (secondary N) is 1. The minimum Gasteiger partial charge on any atom is -0.497 e. The van der Waals surface area contributed by atoms with Crippen molar-refractivity contribution >= 4 is 40.5 Å². The molecule has 112 valence electrons. The summed E-state index contributed by atoms with van der Waals surface area (Å²) in [5, 5.41) is 14.9. The fourth-order valence-electron chi connectivity index (χ4n) is 1.91. The van der Waals surface area contributed by atoms with E-state index in [1.165, 1.54) is 0 Å². The van der Waals surface area contributed by atoms with Crippen molar-refractivity contribution in [1.82, 2.24) is 10.3 Å². The van der Waals surface area contributed by atoms with Gasteiger partial charge in [0.2, 0.25) is 11.6 Å². The Labute approximate surface area is 129 Å². The van der Waals surface area contributed by atoms with Crippen LogP contribution in [0, 0.1) is 5.41 Å². The number of rotatable bonds is 3.